The van der Waals surface area contributed by atoms with Gasteiger partial charge in [0.25, 0.3) is 0 Å². The van der Waals surface area contributed by atoms with Crippen LogP contribution in [0.4, 0.5) is 0 Å². The fourth-order valence-electron chi connectivity index (χ4n) is 10.4. The van der Waals surface area contributed by atoms with Crippen molar-refractivity contribution in [3.8, 4) is 0 Å². The van der Waals surface area contributed by atoms with Gasteiger partial charge in [-0.2, -0.15) is 0 Å². The van der Waals surface area contributed by atoms with Crippen LogP contribution >= 0.6 is 0 Å². The summed E-state index contributed by atoms with van der Waals surface area (Å²) >= 11 is 0. The number of hydrogen-bond donors (Lipinski definition) is 1. The van der Waals surface area contributed by atoms with Crippen LogP contribution in [0, 0.1) is 45.3 Å². The highest BCUT2D eigenvalue weighted by Crippen LogP contribution is 2.74. The number of aliphatic hydroxyl groups excluding tert-OH is 1. The molecule has 5 aliphatic rings. The molecule has 0 aromatic heterocycles. The molecule has 5 rings (SSSR count). The summed E-state index contributed by atoms with van der Waals surface area (Å²) < 4.78 is 5.76. The van der Waals surface area contributed by atoms with Crippen molar-refractivity contribution in [3.05, 3.63) is 11.6 Å². The van der Waals surface area contributed by atoms with Crippen LogP contribution < -0.4 is 0 Å². The third-order valence-electron chi connectivity index (χ3n) is 12.1. The molecule has 9 unspecified atom stereocenters. The molecule has 0 amide bonds. The Morgan fingerprint density at radius 2 is 1.72 bits per heavy atom. The van der Waals surface area contributed by atoms with Crippen LogP contribution in [0.3, 0.4) is 0 Å². The molecule has 180 valence electrons. The number of hydrogen-bond acceptors (Lipinski definition) is 3. The average Bonchev–Trinajstić information content (AvgIpc) is 2.72. The van der Waals surface area contributed by atoms with E-state index in [1.807, 2.05) is 5.57 Å². The second-order valence-corrected chi connectivity index (χ2v) is 13.6. The van der Waals surface area contributed by atoms with E-state index in [0.717, 1.165) is 24.7 Å². The minimum atomic E-state index is -0.586. The second kappa shape index (κ2) is 7.33. The van der Waals surface area contributed by atoms with Crippen molar-refractivity contribution in [2.75, 3.05) is 0 Å². The SMILES string of the molecule is CC(=O)OC1CC2(C)C(CCC3(C)C2CC=C2C4CCCCC4CCC23C)C(C)(C)C1O. The monoisotopic (exact) mass is 442 g/mol. The Bertz CT molecular complexity index is 813. The smallest absolute Gasteiger partial charge is 0.302 e. The maximum atomic E-state index is 11.9. The molecule has 3 heteroatoms. The molecule has 0 bridgehead atoms. The van der Waals surface area contributed by atoms with E-state index in [9.17, 15) is 9.90 Å². The molecule has 5 aliphatic carbocycles. The lowest BCUT2D eigenvalue weighted by molar-refractivity contribution is -0.235. The standard InChI is InChI=1S/C29H46O3/c1-18(30)32-22-17-27(4)23(26(2,3)25(22)31)14-16-29(6)24(27)12-11-21-20-10-8-7-9-19(20)13-15-28(21,29)5/h11,19-20,22-25,31H,7-10,12-17H2,1-6H3. The number of allylic oxidation sites excluding steroid dienone is 2. The Morgan fingerprint density at radius 1 is 1.00 bits per heavy atom. The molecule has 0 aromatic carbocycles. The van der Waals surface area contributed by atoms with Gasteiger partial charge in [-0.25, -0.2) is 0 Å². The molecule has 0 radical (unpaired) electrons. The molecular weight excluding hydrogens is 396 g/mol. The molecule has 0 spiro atoms. The first-order valence-corrected chi connectivity index (χ1v) is 13.5. The molecule has 9 atom stereocenters. The van der Waals surface area contributed by atoms with Gasteiger partial charge in [0.15, 0.2) is 0 Å². The van der Waals surface area contributed by atoms with Crippen molar-refractivity contribution in [2.24, 2.45) is 45.3 Å². The van der Waals surface area contributed by atoms with Crippen LogP contribution in [0.15, 0.2) is 11.6 Å². The quantitative estimate of drug-likeness (QED) is 0.364. The largest absolute Gasteiger partial charge is 0.460 e. The van der Waals surface area contributed by atoms with Crippen LogP contribution in [0.5, 0.6) is 0 Å². The Balaban J connectivity index is 1.56. The van der Waals surface area contributed by atoms with Crippen molar-refractivity contribution in [1.82, 2.24) is 0 Å². The normalized spacial score (nSPS) is 51.9. The van der Waals surface area contributed by atoms with Crippen LogP contribution in [-0.2, 0) is 9.53 Å². The van der Waals surface area contributed by atoms with E-state index in [4.69, 9.17) is 4.74 Å². The van der Waals surface area contributed by atoms with E-state index in [1.165, 1.54) is 58.3 Å². The Kier molecular flexibility index (Phi) is 5.26. The maximum Gasteiger partial charge on any atom is 0.302 e. The van der Waals surface area contributed by atoms with E-state index in [2.05, 4.69) is 40.7 Å². The van der Waals surface area contributed by atoms with Gasteiger partial charge < -0.3 is 9.84 Å². The molecule has 0 saturated heterocycles. The van der Waals surface area contributed by atoms with E-state index >= 15 is 0 Å². The van der Waals surface area contributed by atoms with Crippen LogP contribution in [0.1, 0.15) is 106 Å². The summed E-state index contributed by atoms with van der Waals surface area (Å²) in [6, 6.07) is 0. The van der Waals surface area contributed by atoms with Crippen LogP contribution in [0.25, 0.3) is 0 Å². The number of fused-ring (bicyclic) bond motifs is 7. The topological polar surface area (TPSA) is 46.5 Å². The van der Waals surface area contributed by atoms with Gasteiger partial charge in [-0.1, -0.05) is 59.1 Å². The fraction of sp³-hybridized carbons (Fsp3) is 0.897. The van der Waals surface area contributed by atoms with Gasteiger partial charge in [0, 0.05) is 6.92 Å². The molecule has 32 heavy (non-hydrogen) atoms. The summed E-state index contributed by atoms with van der Waals surface area (Å²) in [5, 5.41) is 11.2. The highest BCUT2D eigenvalue weighted by atomic mass is 16.6. The van der Waals surface area contributed by atoms with Gasteiger partial charge in [0.1, 0.15) is 6.10 Å². The average molecular weight is 443 g/mol. The highest BCUT2D eigenvalue weighted by Gasteiger charge is 2.68. The predicted octanol–water partition coefficient (Wildman–Crippen LogP) is 6.68. The first-order valence-electron chi connectivity index (χ1n) is 13.5. The molecule has 1 N–H and O–H groups in total. The lowest BCUT2D eigenvalue weighted by atomic mass is 9.34. The molecule has 0 aliphatic heterocycles. The molecular formula is C29H46O3. The summed E-state index contributed by atoms with van der Waals surface area (Å²) in [6.07, 6.45) is 14.5. The zero-order valence-corrected chi connectivity index (χ0v) is 21.4. The number of carbonyl (C=O) groups excluding carboxylic acids is 1. The van der Waals surface area contributed by atoms with Gasteiger partial charge in [0.2, 0.25) is 0 Å². The van der Waals surface area contributed by atoms with Crippen molar-refractivity contribution >= 4 is 5.97 Å². The summed E-state index contributed by atoms with van der Waals surface area (Å²) in [7, 11) is 0. The number of rotatable bonds is 1. The van der Waals surface area contributed by atoms with Crippen molar-refractivity contribution in [1.29, 1.82) is 0 Å². The van der Waals surface area contributed by atoms with Gasteiger partial charge in [-0.05, 0) is 96.7 Å². The van der Waals surface area contributed by atoms with Gasteiger partial charge in [0.05, 0.1) is 6.10 Å². The fourth-order valence-corrected chi connectivity index (χ4v) is 10.4. The molecule has 4 saturated carbocycles. The Morgan fingerprint density at radius 3 is 2.44 bits per heavy atom. The summed E-state index contributed by atoms with van der Waals surface area (Å²) in [4.78, 5) is 11.9. The molecule has 0 aromatic rings. The summed E-state index contributed by atoms with van der Waals surface area (Å²) in [5.74, 6) is 2.52. The number of aliphatic hydroxyl groups is 1. The zero-order valence-electron chi connectivity index (χ0n) is 21.4. The van der Waals surface area contributed by atoms with Crippen LogP contribution in [0.2, 0.25) is 0 Å². The second-order valence-electron chi connectivity index (χ2n) is 13.6. The van der Waals surface area contributed by atoms with Gasteiger partial charge in [-0.3, -0.25) is 4.79 Å². The number of esters is 1. The Labute approximate surface area is 195 Å². The minimum Gasteiger partial charge on any atom is -0.460 e. The lowest BCUT2D eigenvalue weighted by Gasteiger charge is -2.70. The number of carbonyl (C=O) groups is 1. The Hall–Kier alpha value is -0.830. The first kappa shape index (κ1) is 22.9. The van der Waals surface area contributed by atoms with Gasteiger partial charge in [-0.15, -0.1) is 0 Å². The third-order valence-corrected chi connectivity index (χ3v) is 12.1. The van der Waals surface area contributed by atoms with Crippen molar-refractivity contribution < 1.29 is 14.6 Å². The highest BCUT2D eigenvalue weighted by molar-refractivity contribution is 5.66. The minimum absolute atomic E-state index is 0.0737. The molecule has 3 nitrogen and oxygen atoms in total. The van der Waals surface area contributed by atoms with Crippen molar-refractivity contribution in [2.45, 2.75) is 118 Å². The van der Waals surface area contributed by atoms with Gasteiger partial charge >= 0.3 is 5.97 Å². The van der Waals surface area contributed by atoms with Crippen molar-refractivity contribution in [3.63, 3.8) is 0 Å². The van der Waals surface area contributed by atoms with E-state index in [1.54, 1.807) is 0 Å². The maximum absolute atomic E-state index is 11.9. The van der Waals surface area contributed by atoms with E-state index < -0.39 is 12.2 Å². The number of ether oxygens (including phenoxy) is 1. The third kappa shape index (κ3) is 2.91. The predicted molar refractivity (Wildman–Crippen MR) is 128 cm³/mol. The summed E-state index contributed by atoms with van der Waals surface area (Å²) in [5.41, 5.74) is 2.22. The van der Waals surface area contributed by atoms with E-state index in [-0.39, 0.29) is 22.2 Å². The first-order chi connectivity index (χ1) is 14.9. The lowest BCUT2D eigenvalue weighted by Crippen LogP contribution is -2.66. The molecule has 0 heterocycles. The zero-order chi connectivity index (χ0) is 23.1. The van der Waals surface area contributed by atoms with E-state index in [0.29, 0.717) is 17.3 Å². The van der Waals surface area contributed by atoms with Crippen LogP contribution in [-0.4, -0.2) is 23.3 Å². The summed E-state index contributed by atoms with van der Waals surface area (Å²) in [6.45, 7) is 13.6. The molecule has 4 fully saturated rings.